The Morgan fingerprint density at radius 1 is 1.10 bits per heavy atom. The molecule has 1 N–H and O–H groups in total. The van der Waals surface area contributed by atoms with Gasteiger partial charge in [0.15, 0.2) is 0 Å². The third-order valence-corrected chi connectivity index (χ3v) is 3.91. The number of benzene rings is 1. The molecule has 2 atom stereocenters. The number of piperazine rings is 1. The van der Waals surface area contributed by atoms with Gasteiger partial charge in [-0.25, -0.2) is 0 Å². The van der Waals surface area contributed by atoms with Gasteiger partial charge in [0.1, 0.15) is 12.1 Å². The molecule has 0 saturated carbocycles. The number of nitrogens with zero attached hydrogens (tertiary/aromatic N) is 2. The first-order chi connectivity index (χ1) is 9.99. The average molecular weight is 289 g/mol. The van der Waals surface area contributed by atoms with Gasteiger partial charge in [-0.2, -0.15) is 0 Å². The summed E-state index contributed by atoms with van der Waals surface area (Å²) in [5.74, 6) is -0.0952. The maximum atomic E-state index is 12.6. The minimum Gasteiger partial charge on any atom is -0.378 e. The summed E-state index contributed by atoms with van der Waals surface area (Å²) < 4.78 is 0. The molecule has 1 aromatic rings. The van der Waals surface area contributed by atoms with E-state index in [9.17, 15) is 9.59 Å². The molecule has 0 spiro atoms. The van der Waals surface area contributed by atoms with Gasteiger partial charge >= 0.3 is 0 Å². The van der Waals surface area contributed by atoms with Crippen LogP contribution in [0, 0.1) is 0 Å². The van der Waals surface area contributed by atoms with Crippen LogP contribution in [0.25, 0.3) is 0 Å². The SMILES string of the molecule is CCC1NC(=O)C(CC)N(c2ccc(N(C)C)cc2)C1=O. The summed E-state index contributed by atoms with van der Waals surface area (Å²) in [6.07, 6.45) is 1.21. The van der Waals surface area contributed by atoms with Gasteiger partial charge in [-0.15, -0.1) is 0 Å². The highest BCUT2D eigenvalue weighted by molar-refractivity contribution is 6.08. The van der Waals surface area contributed by atoms with Crippen molar-refractivity contribution in [2.24, 2.45) is 0 Å². The highest BCUT2D eigenvalue weighted by atomic mass is 16.2. The number of amides is 2. The number of carbonyl (C=O) groups is 2. The second kappa shape index (κ2) is 6.16. The summed E-state index contributed by atoms with van der Waals surface area (Å²) in [4.78, 5) is 28.4. The second-order valence-corrected chi connectivity index (χ2v) is 5.51. The molecule has 21 heavy (non-hydrogen) atoms. The summed E-state index contributed by atoms with van der Waals surface area (Å²) in [5.41, 5.74) is 1.85. The van der Waals surface area contributed by atoms with Crippen molar-refractivity contribution in [2.45, 2.75) is 38.8 Å². The van der Waals surface area contributed by atoms with Crippen molar-refractivity contribution in [1.82, 2.24) is 5.32 Å². The molecule has 1 saturated heterocycles. The van der Waals surface area contributed by atoms with Crippen LogP contribution in [0.1, 0.15) is 26.7 Å². The molecule has 0 aromatic heterocycles. The Labute approximate surface area is 125 Å². The van der Waals surface area contributed by atoms with Gasteiger partial charge in [0.2, 0.25) is 11.8 Å². The summed E-state index contributed by atoms with van der Waals surface area (Å²) in [5, 5.41) is 2.81. The first-order valence-corrected chi connectivity index (χ1v) is 7.40. The van der Waals surface area contributed by atoms with E-state index in [2.05, 4.69) is 5.32 Å². The first-order valence-electron chi connectivity index (χ1n) is 7.40. The highest BCUT2D eigenvalue weighted by Crippen LogP contribution is 2.26. The molecular formula is C16H23N3O2. The van der Waals surface area contributed by atoms with E-state index in [0.717, 1.165) is 11.4 Å². The molecule has 2 rings (SSSR count). The Bertz CT molecular complexity index is 525. The van der Waals surface area contributed by atoms with Crippen molar-refractivity contribution in [3.8, 4) is 0 Å². The normalized spacial score (nSPS) is 22.2. The summed E-state index contributed by atoms with van der Waals surface area (Å²) in [7, 11) is 3.94. The predicted octanol–water partition coefficient (Wildman–Crippen LogP) is 1.77. The van der Waals surface area contributed by atoms with Gasteiger partial charge in [0.05, 0.1) is 0 Å². The maximum Gasteiger partial charge on any atom is 0.250 e. The molecule has 1 aliphatic heterocycles. The van der Waals surface area contributed by atoms with Gasteiger partial charge in [-0.1, -0.05) is 13.8 Å². The summed E-state index contributed by atoms with van der Waals surface area (Å²) in [6, 6.07) is 6.88. The molecule has 1 heterocycles. The molecule has 1 aromatic carbocycles. The monoisotopic (exact) mass is 289 g/mol. The lowest BCUT2D eigenvalue weighted by atomic mass is 10.0. The molecule has 0 bridgehead atoms. The van der Waals surface area contributed by atoms with Gasteiger partial charge in [-0.3, -0.25) is 14.5 Å². The van der Waals surface area contributed by atoms with E-state index >= 15 is 0 Å². The fraction of sp³-hybridized carbons (Fsp3) is 0.500. The molecule has 0 aliphatic carbocycles. The van der Waals surface area contributed by atoms with E-state index < -0.39 is 12.1 Å². The number of hydrogen-bond acceptors (Lipinski definition) is 3. The van der Waals surface area contributed by atoms with Gasteiger partial charge in [0, 0.05) is 25.5 Å². The van der Waals surface area contributed by atoms with Gasteiger partial charge in [-0.05, 0) is 37.1 Å². The Morgan fingerprint density at radius 3 is 2.19 bits per heavy atom. The minimum atomic E-state index is -0.425. The van der Waals surface area contributed by atoms with Crippen molar-refractivity contribution in [3.05, 3.63) is 24.3 Å². The quantitative estimate of drug-likeness (QED) is 0.919. The Kier molecular flexibility index (Phi) is 4.50. The van der Waals surface area contributed by atoms with E-state index in [-0.39, 0.29) is 11.8 Å². The maximum absolute atomic E-state index is 12.6. The zero-order valence-electron chi connectivity index (χ0n) is 13.1. The summed E-state index contributed by atoms with van der Waals surface area (Å²) >= 11 is 0. The molecule has 114 valence electrons. The Hall–Kier alpha value is -2.04. The highest BCUT2D eigenvalue weighted by Gasteiger charge is 2.39. The van der Waals surface area contributed by atoms with Crippen LogP contribution in [-0.2, 0) is 9.59 Å². The molecule has 1 aliphatic rings. The molecule has 1 fully saturated rings. The van der Waals surface area contributed by atoms with Crippen LogP contribution in [0.5, 0.6) is 0 Å². The van der Waals surface area contributed by atoms with Gasteiger partial charge in [0.25, 0.3) is 0 Å². The number of rotatable bonds is 4. The molecule has 2 amide bonds. The van der Waals surface area contributed by atoms with Crippen molar-refractivity contribution < 1.29 is 9.59 Å². The average Bonchev–Trinajstić information content (AvgIpc) is 2.48. The molecule has 5 nitrogen and oxygen atoms in total. The predicted molar refractivity (Wildman–Crippen MR) is 84.6 cm³/mol. The van der Waals surface area contributed by atoms with E-state index in [0.29, 0.717) is 12.8 Å². The fourth-order valence-corrected chi connectivity index (χ4v) is 2.63. The lowest BCUT2D eigenvalue weighted by Crippen LogP contribution is -2.63. The second-order valence-electron chi connectivity index (χ2n) is 5.51. The number of anilines is 2. The third-order valence-electron chi connectivity index (χ3n) is 3.91. The Balaban J connectivity index is 2.36. The largest absolute Gasteiger partial charge is 0.378 e. The standard InChI is InChI=1S/C16H23N3O2/c1-5-13-16(21)19(14(6-2)15(20)17-13)12-9-7-11(8-10-12)18(3)4/h7-10,13-14H,5-6H2,1-4H3,(H,17,20). The lowest BCUT2D eigenvalue weighted by molar-refractivity contribution is -0.134. The number of nitrogens with one attached hydrogen (secondary N) is 1. The van der Waals surface area contributed by atoms with E-state index in [1.54, 1.807) is 4.90 Å². The smallest absolute Gasteiger partial charge is 0.250 e. The van der Waals surface area contributed by atoms with Crippen LogP contribution in [0.4, 0.5) is 11.4 Å². The zero-order valence-corrected chi connectivity index (χ0v) is 13.1. The van der Waals surface area contributed by atoms with E-state index in [1.165, 1.54) is 0 Å². The topological polar surface area (TPSA) is 52.7 Å². The zero-order chi connectivity index (χ0) is 15.6. The van der Waals surface area contributed by atoms with Crippen LogP contribution in [0.3, 0.4) is 0 Å². The molecular weight excluding hydrogens is 266 g/mol. The van der Waals surface area contributed by atoms with Gasteiger partial charge < -0.3 is 10.2 Å². The molecule has 5 heteroatoms. The number of carbonyl (C=O) groups excluding carboxylic acids is 2. The van der Waals surface area contributed by atoms with E-state index in [4.69, 9.17) is 0 Å². The Morgan fingerprint density at radius 2 is 1.71 bits per heavy atom. The fourth-order valence-electron chi connectivity index (χ4n) is 2.63. The van der Waals surface area contributed by atoms with Crippen LogP contribution >= 0.6 is 0 Å². The van der Waals surface area contributed by atoms with Crippen LogP contribution in [-0.4, -0.2) is 38.0 Å². The van der Waals surface area contributed by atoms with Crippen LogP contribution < -0.4 is 15.1 Å². The van der Waals surface area contributed by atoms with E-state index in [1.807, 2.05) is 57.1 Å². The third kappa shape index (κ3) is 2.86. The van der Waals surface area contributed by atoms with Crippen molar-refractivity contribution in [3.63, 3.8) is 0 Å². The van der Waals surface area contributed by atoms with Crippen LogP contribution in [0.2, 0.25) is 0 Å². The van der Waals surface area contributed by atoms with Crippen molar-refractivity contribution in [1.29, 1.82) is 0 Å². The first kappa shape index (κ1) is 15.4. The van der Waals surface area contributed by atoms with Crippen molar-refractivity contribution in [2.75, 3.05) is 23.9 Å². The minimum absolute atomic E-state index is 0.0263. The summed E-state index contributed by atoms with van der Waals surface area (Å²) in [6.45, 7) is 3.83. The van der Waals surface area contributed by atoms with Crippen molar-refractivity contribution >= 4 is 23.2 Å². The number of hydrogen-bond donors (Lipinski definition) is 1. The molecule has 2 unspecified atom stereocenters. The van der Waals surface area contributed by atoms with Crippen LogP contribution in [0.15, 0.2) is 24.3 Å². The lowest BCUT2D eigenvalue weighted by Gasteiger charge is -2.38. The molecule has 0 radical (unpaired) electrons.